The third kappa shape index (κ3) is 4.21. The van der Waals surface area contributed by atoms with Crippen LogP contribution in [0.25, 0.3) is 5.57 Å². The molecular weight excluding hydrogens is 371 g/mol. The molecular formula is C23H19BF2NO2. The van der Waals surface area contributed by atoms with Gasteiger partial charge in [0.15, 0.2) is 0 Å². The van der Waals surface area contributed by atoms with E-state index in [2.05, 4.69) is 17.1 Å². The fourth-order valence-electron chi connectivity index (χ4n) is 3.94. The van der Waals surface area contributed by atoms with Crippen molar-refractivity contribution in [3.63, 3.8) is 0 Å². The molecule has 2 aromatic rings. The third-order valence-electron chi connectivity index (χ3n) is 5.41. The number of hydrogen-bond acceptors (Lipinski definition) is 2. The van der Waals surface area contributed by atoms with Gasteiger partial charge in [0.2, 0.25) is 5.87 Å². The van der Waals surface area contributed by atoms with Crippen LogP contribution >= 0.6 is 0 Å². The molecule has 2 aliphatic rings. The highest BCUT2D eigenvalue weighted by atomic mass is 19.1. The lowest BCUT2D eigenvalue weighted by Gasteiger charge is -2.20. The van der Waals surface area contributed by atoms with Crippen molar-refractivity contribution < 1.29 is 18.7 Å². The first-order valence-electron chi connectivity index (χ1n) is 9.59. The Morgan fingerprint density at radius 2 is 1.83 bits per heavy atom. The maximum Gasteiger partial charge on any atom is 0.299 e. The summed E-state index contributed by atoms with van der Waals surface area (Å²) < 4.78 is 28.1. The van der Waals surface area contributed by atoms with E-state index < -0.39 is 17.5 Å². The normalized spacial score (nSPS) is 20.9. The standard InChI is InChI=1S/C23H19BF2NO2/c25-18-2-1-3-19(26)22(18)21-13-12-20(27-21)16-6-4-14(5-7-16)15-8-10-17(11-9-15)24-23(28)29/h1-6,8-11,16,20H,7,12-13H2,(H,28,29). The summed E-state index contributed by atoms with van der Waals surface area (Å²) in [4.78, 5) is 15.4. The molecule has 4 rings (SSSR count). The molecule has 0 aromatic heterocycles. The molecule has 1 aliphatic carbocycles. The molecule has 2 aromatic carbocycles. The first-order chi connectivity index (χ1) is 14.0. The molecule has 1 radical (unpaired) electrons. The highest BCUT2D eigenvalue weighted by Gasteiger charge is 2.28. The second-order valence-electron chi connectivity index (χ2n) is 7.30. The second-order valence-corrected chi connectivity index (χ2v) is 7.30. The molecule has 6 heteroatoms. The van der Waals surface area contributed by atoms with E-state index in [1.54, 1.807) is 12.1 Å². The van der Waals surface area contributed by atoms with Crippen LogP contribution in [0.5, 0.6) is 0 Å². The van der Waals surface area contributed by atoms with Crippen LogP contribution in [0.4, 0.5) is 13.6 Å². The zero-order valence-corrected chi connectivity index (χ0v) is 15.7. The number of halogens is 2. The van der Waals surface area contributed by atoms with Crippen molar-refractivity contribution in [3.8, 4) is 0 Å². The molecule has 0 saturated heterocycles. The number of carbonyl (C=O) groups is 1. The first-order valence-corrected chi connectivity index (χ1v) is 9.59. The number of aliphatic imine (C=N–C) groups is 1. The molecule has 0 saturated carbocycles. The Labute approximate surface area is 168 Å². The summed E-state index contributed by atoms with van der Waals surface area (Å²) in [6, 6.07) is 11.3. The van der Waals surface area contributed by atoms with Gasteiger partial charge in [-0.1, -0.05) is 54.0 Å². The van der Waals surface area contributed by atoms with Crippen LogP contribution in [-0.4, -0.2) is 30.0 Å². The van der Waals surface area contributed by atoms with E-state index in [4.69, 9.17) is 5.11 Å². The Balaban J connectivity index is 1.45. The predicted molar refractivity (Wildman–Crippen MR) is 111 cm³/mol. The van der Waals surface area contributed by atoms with Gasteiger partial charge in [-0.25, -0.2) is 8.78 Å². The van der Waals surface area contributed by atoms with E-state index in [1.807, 2.05) is 18.2 Å². The number of carboxylic acid groups (broad SMARTS) is 1. The topological polar surface area (TPSA) is 49.7 Å². The molecule has 0 bridgehead atoms. The maximum atomic E-state index is 14.0. The van der Waals surface area contributed by atoms with E-state index >= 15 is 0 Å². The average Bonchev–Trinajstić information content (AvgIpc) is 3.18. The lowest BCUT2D eigenvalue weighted by atomic mass is 9.70. The molecule has 0 spiro atoms. The molecule has 3 nitrogen and oxygen atoms in total. The monoisotopic (exact) mass is 390 g/mol. The van der Waals surface area contributed by atoms with Gasteiger partial charge in [0.1, 0.15) is 11.6 Å². The lowest BCUT2D eigenvalue weighted by molar-refractivity contribution is 0.220. The fourth-order valence-corrected chi connectivity index (χ4v) is 3.94. The minimum atomic E-state index is -0.968. The quantitative estimate of drug-likeness (QED) is 0.760. The molecule has 1 heterocycles. The number of benzene rings is 2. The molecule has 145 valence electrons. The molecule has 0 fully saturated rings. The summed E-state index contributed by atoms with van der Waals surface area (Å²) in [5.74, 6) is -1.89. The summed E-state index contributed by atoms with van der Waals surface area (Å²) in [6.07, 6.45) is 8.45. The summed E-state index contributed by atoms with van der Waals surface area (Å²) >= 11 is 0. The van der Waals surface area contributed by atoms with Crippen LogP contribution in [0, 0.1) is 17.6 Å². The van der Waals surface area contributed by atoms with Gasteiger partial charge < -0.3 is 5.11 Å². The fraction of sp³-hybridized carbons (Fsp3) is 0.217. The van der Waals surface area contributed by atoms with E-state index in [1.165, 1.54) is 25.5 Å². The third-order valence-corrected chi connectivity index (χ3v) is 5.41. The van der Waals surface area contributed by atoms with E-state index in [0.717, 1.165) is 24.0 Å². The SMILES string of the molecule is O=C(O)[B]c1ccc(C2=CCC(C3CCC(c4c(F)cccc4F)=N3)C=C2)cc1. The van der Waals surface area contributed by atoms with E-state index in [9.17, 15) is 13.6 Å². The van der Waals surface area contributed by atoms with Gasteiger partial charge in [-0.2, -0.15) is 0 Å². The smallest absolute Gasteiger partial charge is 0.299 e. The minimum Gasteiger partial charge on any atom is -0.489 e. The lowest BCUT2D eigenvalue weighted by Crippen LogP contribution is -2.21. The second kappa shape index (κ2) is 8.15. The number of rotatable bonds is 5. The van der Waals surface area contributed by atoms with E-state index in [-0.39, 0.29) is 17.5 Å². The van der Waals surface area contributed by atoms with Gasteiger partial charge in [0.05, 0.1) is 11.6 Å². The van der Waals surface area contributed by atoms with Crippen molar-refractivity contribution in [3.05, 3.63) is 83.5 Å². The Bertz CT molecular complexity index is 1010. The zero-order chi connectivity index (χ0) is 20.4. The molecule has 2 unspecified atom stereocenters. The van der Waals surface area contributed by atoms with Gasteiger partial charge in [-0.05, 0) is 42.5 Å². The van der Waals surface area contributed by atoms with Crippen molar-refractivity contribution in [2.45, 2.75) is 25.3 Å². The van der Waals surface area contributed by atoms with Crippen LogP contribution < -0.4 is 5.46 Å². The summed E-state index contributed by atoms with van der Waals surface area (Å²) in [5, 5.41) is 8.81. The summed E-state index contributed by atoms with van der Waals surface area (Å²) in [7, 11) is 1.17. The minimum absolute atomic E-state index is 0.00396. The molecule has 1 N–H and O–H groups in total. The molecule has 1 aliphatic heterocycles. The molecule has 29 heavy (non-hydrogen) atoms. The average molecular weight is 390 g/mol. The Hall–Kier alpha value is -3.02. The van der Waals surface area contributed by atoms with Crippen molar-refractivity contribution in [1.29, 1.82) is 0 Å². The van der Waals surface area contributed by atoms with Gasteiger partial charge in [-0.15, -0.1) is 0 Å². The Morgan fingerprint density at radius 1 is 1.10 bits per heavy atom. The predicted octanol–water partition coefficient (Wildman–Crippen LogP) is 4.58. The van der Waals surface area contributed by atoms with Crippen molar-refractivity contribution in [2.75, 3.05) is 0 Å². The van der Waals surface area contributed by atoms with Crippen LogP contribution in [-0.2, 0) is 0 Å². The van der Waals surface area contributed by atoms with Crippen molar-refractivity contribution >= 4 is 29.9 Å². The number of nitrogens with zero attached hydrogens (tertiary/aromatic N) is 1. The molecule has 0 amide bonds. The van der Waals surface area contributed by atoms with Gasteiger partial charge in [0, 0.05) is 11.6 Å². The largest absolute Gasteiger partial charge is 0.489 e. The Morgan fingerprint density at radius 3 is 2.45 bits per heavy atom. The molecule has 2 atom stereocenters. The van der Waals surface area contributed by atoms with Crippen molar-refractivity contribution in [2.24, 2.45) is 10.9 Å². The first kappa shape index (κ1) is 19.3. The van der Waals surface area contributed by atoms with Crippen LogP contribution in [0.15, 0.2) is 65.7 Å². The van der Waals surface area contributed by atoms with Crippen LogP contribution in [0.1, 0.15) is 30.4 Å². The zero-order valence-electron chi connectivity index (χ0n) is 15.7. The summed E-state index contributed by atoms with van der Waals surface area (Å²) in [6.45, 7) is 0. The highest BCUT2D eigenvalue weighted by Crippen LogP contribution is 2.32. The maximum absolute atomic E-state index is 14.0. The highest BCUT2D eigenvalue weighted by molar-refractivity contribution is 6.82. The van der Waals surface area contributed by atoms with Crippen LogP contribution in [0.2, 0.25) is 0 Å². The number of allylic oxidation sites excluding steroid dienone is 3. The van der Waals surface area contributed by atoms with Crippen molar-refractivity contribution in [1.82, 2.24) is 0 Å². The summed E-state index contributed by atoms with van der Waals surface area (Å²) in [5.41, 5.74) is 3.26. The van der Waals surface area contributed by atoms with Gasteiger partial charge in [-0.3, -0.25) is 9.79 Å². The van der Waals surface area contributed by atoms with Gasteiger partial charge >= 0.3 is 0 Å². The van der Waals surface area contributed by atoms with Crippen LogP contribution in [0.3, 0.4) is 0 Å². The van der Waals surface area contributed by atoms with Gasteiger partial charge in [0.25, 0.3) is 7.28 Å². The van der Waals surface area contributed by atoms with E-state index in [0.29, 0.717) is 17.6 Å². The number of hydrogen-bond donors (Lipinski definition) is 1. The Kier molecular flexibility index (Phi) is 5.43.